The molecule has 1 heterocycles. The molecule has 10 rings (SSSR count). The Kier molecular flexibility index (Phi) is 12.6. The number of hydrogen-bond acceptors (Lipinski definition) is 0. The second kappa shape index (κ2) is 18.5. The maximum Gasteiger partial charge on any atom is 0.200 e. The Morgan fingerprint density at radius 2 is 0.680 bits per heavy atom. The van der Waals surface area contributed by atoms with Crippen LogP contribution in [0.1, 0.15) is 46.2 Å². The Morgan fingerprint density at radius 1 is 0.373 bits per heavy atom. The molecule has 0 saturated heterocycles. The quantitative estimate of drug-likeness (QED) is 0.0491. The van der Waals surface area contributed by atoms with Gasteiger partial charge in [0.1, 0.15) is 52.6 Å². The van der Waals surface area contributed by atoms with Gasteiger partial charge in [0.25, 0.3) is 0 Å². The molecule has 0 radical (unpaired) electrons. The number of hydrogen-bond donors (Lipinski definition) is 0. The van der Waals surface area contributed by atoms with Gasteiger partial charge >= 0.3 is 0 Å². The number of rotatable bonds is 7. The molecule has 17 heteroatoms. The van der Waals surface area contributed by atoms with E-state index in [0.717, 1.165) is 0 Å². The molecule has 0 unspecified atom stereocenters. The van der Waals surface area contributed by atoms with Crippen molar-refractivity contribution in [1.82, 2.24) is 0 Å². The Bertz CT molecular complexity index is 3490. The fourth-order valence-corrected chi connectivity index (χ4v) is 17.3. The van der Waals surface area contributed by atoms with Gasteiger partial charge in [-0.1, -0.05) is 103 Å². The topological polar surface area (TPSA) is 0 Å². The summed E-state index contributed by atoms with van der Waals surface area (Å²) in [6.07, 6.45) is -6.56. The lowest BCUT2D eigenvalue weighted by Gasteiger charge is -2.48. The van der Waals surface area contributed by atoms with Gasteiger partial charge in [-0.15, -0.1) is 17.0 Å². The average molecular weight is 1060 g/mol. The highest BCUT2D eigenvalue weighted by Gasteiger charge is 2.58. The molecule has 0 N–H and O–H groups in total. The predicted molar refractivity (Wildman–Crippen MR) is 261 cm³/mol. The van der Waals surface area contributed by atoms with E-state index in [1.165, 1.54) is 0 Å². The summed E-state index contributed by atoms with van der Waals surface area (Å²) in [5, 5.41) is 0.749. The predicted octanol–water partition coefficient (Wildman–Crippen LogP) is 14.1. The third kappa shape index (κ3) is 7.14. The van der Waals surface area contributed by atoms with E-state index in [1.54, 1.807) is 142 Å². The van der Waals surface area contributed by atoms with Crippen LogP contribution >= 0.6 is 7.26 Å². The Morgan fingerprint density at radius 3 is 1.04 bits per heavy atom. The maximum atomic E-state index is 17.6. The Hall–Kier alpha value is -7.32. The van der Waals surface area contributed by atoms with Gasteiger partial charge < -0.3 is 0 Å². The number of fused-ring (bicyclic) bond motifs is 5. The van der Waals surface area contributed by atoms with Crippen LogP contribution in [0.25, 0.3) is 16.6 Å². The number of allylic oxidation sites excluding steroid dienone is 2. The van der Waals surface area contributed by atoms with Gasteiger partial charge in [0, 0.05) is 22.7 Å². The van der Waals surface area contributed by atoms with E-state index in [0.29, 0.717) is 66.9 Å². The molecule has 0 amide bonds. The molecule has 0 aromatic heterocycles. The monoisotopic (exact) mass is 1060 g/mol. The van der Waals surface area contributed by atoms with Gasteiger partial charge in [-0.05, 0) is 84.3 Å². The summed E-state index contributed by atoms with van der Waals surface area (Å²) in [7, 11) is -4.27. The molecule has 1 aliphatic carbocycles. The van der Waals surface area contributed by atoms with Crippen LogP contribution in [-0.2, 0) is 5.41 Å². The zero-order valence-corrected chi connectivity index (χ0v) is 40.2. The highest BCUT2D eigenvalue weighted by molar-refractivity contribution is 7.99. The van der Waals surface area contributed by atoms with Crippen molar-refractivity contribution in [2.24, 2.45) is 0 Å². The van der Waals surface area contributed by atoms with Gasteiger partial charge in [-0.25, -0.2) is 65.9 Å². The molecular formula is C58H35BF15P. The SMILES string of the molecule is Cc1ccccc1[P+](/C1=C/[B-](c2c(F)c(F)c(F)c(F)c2F)(c2c(F)c(F)c(F)c(F)c2F)/C(c2c(F)c(F)c(F)c(F)c2F)=C\CC2(C1)c1ccccc1-c1ccccc12)(c1ccccc1C)c1ccccc1C. The summed E-state index contributed by atoms with van der Waals surface area (Å²) in [6.45, 7) is 4.98. The van der Waals surface area contributed by atoms with Gasteiger partial charge in [-0.2, -0.15) is 11.4 Å². The summed E-state index contributed by atoms with van der Waals surface area (Å²) in [6, 6.07) is 32.9. The minimum atomic E-state index is -5.73. The van der Waals surface area contributed by atoms with Crippen LogP contribution in [0.2, 0.25) is 0 Å². The third-order valence-electron chi connectivity index (χ3n) is 15.0. The molecular weight excluding hydrogens is 1020 g/mol. The molecule has 2 aliphatic rings. The summed E-state index contributed by atoms with van der Waals surface area (Å²) in [5.41, 5.74) is -7.35. The molecule has 8 aromatic rings. The number of aryl methyl sites for hydroxylation is 3. The van der Waals surface area contributed by atoms with Crippen LogP contribution in [0.4, 0.5) is 65.9 Å². The smallest absolute Gasteiger partial charge is 0.200 e. The summed E-state index contributed by atoms with van der Waals surface area (Å²) in [5.74, 6) is -42.8. The second-order valence-corrected chi connectivity index (χ2v) is 22.1. The molecule has 0 saturated carbocycles. The van der Waals surface area contributed by atoms with E-state index < -0.39 is 141 Å². The van der Waals surface area contributed by atoms with Crippen molar-refractivity contribution in [3.63, 3.8) is 0 Å². The summed E-state index contributed by atoms with van der Waals surface area (Å²) in [4.78, 5) is 0. The van der Waals surface area contributed by atoms with E-state index in [-0.39, 0.29) is 5.31 Å². The Balaban J connectivity index is 1.61. The number of benzene rings is 8. The van der Waals surface area contributed by atoms with Crippen LogP contribution in [-0.4, -0.2) is 6.15 Å². The van der Waals surface area contributed by atoms with Crippen molar-refractivity contribution in [3.8, 4) is 11.1 Å². The minimum Gasteiger partial charge on any atom is -0.207 e. The second-order valence-electron chi connectivity index (χ2n) is 18.7. The fourth-order valence-electron chi connectivity index (χ4n) is 11.9. The molecule has 380 valence electrons. The molecule has 0 fully saturated rings. The van der Waals surface area contributed by atoms with Gasteiger partial charge in [-0.3, -0.25) is 0 Å². The lowest BCUT2D eigenvalue weighted by atomic mass is 9.14. The molecule has 8 aromatic carbocycles. The lowest BCUT2D eigenvalue weighted by Crippen LogP contribution is -2.65. The van der Waals surface area contributed by atoms with Crippen molar-refractivity contribution in [3.05, 3.63) is 259 Å². The highest BCUT2D eigenvalue weighted by atomic mass is 31.2. The average Bonchev–Trinajstić information content (AvgIpc) is 3.73. The molecule has 0 nitrogen and oxygen atoms in total. The molecule has 75 heavy (non-hydrogen) atoms. The molecule has 0 bridgehead atoms. The zero-order chi connectivity index (χ0) is 53.8. The van der Waals surface area contributed by atoms with Crippen molar-refractivity contribution >= 4 is 45.7 Å². The highest BCUT2D eigenvalue weighted by Crippen LogP contribution is 2.69. The van der Waals surface area contributed by atoms with Gasteiger partial charge in [0.15, 0.2) is 58.2 Å². The van der Waals surface area contributed by atoms with Crippen LogP contribution < -0.4 is 26.8 Å². The maximum absolute atomic E-state index is 17.6. The van der Waals surface area contributed by atoms with Gasteiger partial charge in [0.05, 0.1) is 0 Å². The first-order valence-electron chi connectivity index (χ1n) is 23.1. The van der Waals surface area contributed by atoms with Crippen molar-refractivity contribution < 1.29 is 65.9 Å². The zero-order valence-electron chi connectivity index (χ0n) is 39.3. The van der Waals surface area contributed by atoms with Crippen LogP contribution in [0, 0.1) is 108 Å². The number of halogens is 15. The first-order chi connectivity index (χ1) is 35.7. The van der Waals surface area contributed by atoms with E-state index in [2.05, 4.69) is 0 Å². The minimum absolute atomic E-state index is 0.283. The molecule has 1 spiro atoms. The normalized spacial score (nSPS) is 16.2. The fraction of sp³-hybridized carbons (Fsp3) is 0.103. The van der Waals surface area contributed by atoms with Crippen molar-refractivity contribution in [1.29, 1.82) is 0 Å². The van der Waals surface area contributed by atoms with E-state index in [9.17, 15) is 0 Å². The van der Waals surface area contributed by atoms with Crippen molar-refractivity contribution in [2.45, 2.75) is 39.0 Å². The summed E-state index contributed by atoms with van der Waals surface area (Å²) < 4.78 is 248. The van der Waals surface area contributed by atoms with Crippen LogP contribution in [0.3, 0.4) is 0 Å². The van der Waals surface area contributed by atoms with E-state index in [1.807, 2.05) is 0 Å². The largest absolute Gasteiger partial charge is 0.207 e. The molecule has 1 aliphatic heterocycles. The first-order valence-corrected chi connectivity index (χ1v) is 24.9. The van der Waals surface area contributed by atoms with Gasteiger partial charge in [0.2, 0.25) is 5.82 Å². The lowest BCUT2D eigenvalue weighted by molar-refractivity contribution is 0.376. The van der Waals surface area contributed by atoms with E-state index >= 15 is 65.9 Å². The van der Waals surface area contributed by atoms with Crippen LogP contribution in [0.5, 0.6) is 0 Å². The standard InChI is InChI=1S/C58H35BF15P/c1-28-14-4-11-21-37(28)75(38-22-12-5-15-29(38)2,39-23-13-6-16-30(39)3)31-26-58(34-19-9-7-17-32(34)33-18-8-10-20-35(33)58)25-24-36(40-43(60)49(66)55(72)50(67)44(40)61)59(27-31,41-45(62)51(68)56(73)52(69)46(41)63)42-47(64)53(70)57(74)54(71)48(42)65/h4-24,27H,25-26H2,1-3H3/b31-27+,36-24-. The molecule has 0 atom stereocenters. The Labute approximate surface area is 419 Å². The van der Waals surface area contributed by atoms with E-state index in [4.69, 9.17) is 0 Å². The van der Waals surface area contributed by atoms with Crippen molar-refractivity contribution in [2.75, 3.05) is 0 Å². The van der Waals surface area contributed by atoms with Crippen LogP contribution in [0.15, 0.2) is 139 Å². The summed E-state index contributed by atoms with van der Waals surface area (Å²) >= 11 is 0. The first kappa shape index (κ1) is 51.2. The third-order valence-corrected chi connectivity index (χ3v) is 19.9.